The van der Waals surface area contributed by atoms with Gasteiger partial charge < -0.3 is 15.0 Å². The predicted octanol–water partition coefficient (Wildman–Crippen LogP) is 3.50. The van der Waals surface area contributed by atoms with Crippen LogP contribution in [0.3, 0.4) is 0 Å². The van der Waals surface area contributed by atoms with Gasteiger partial charge in [-0.05, 0) is 57.5 Å². The highest BCUT2D eigenvalue weighted by atomic mass is 35.5. The molecule has 6 heteroatoms. The lowest BCUT2D eigenvalue weighted by molar-refractivity contribution is -0.141. The van der Waals surface area contributed by atoms with Crippen LogP contribution < -0.4 is 5.32 Å². The Kier molecular flexibility index (Phi) is 7.15. The van der Waals surface area contributed by atoms with E-state index in [4.69, 9.17) is 27.9 Å². The number of rotatable bonds is 6. The molecule has 0 aliphatic carbocycles. The summed E-state index contributed by atoms with van der Waals surface area (Å²) in [5.74, 6) is 0.00426. The minimum atomic E-state index is 0.00426. The maximum Gasteiger partial charge on any atom is 0.249 e. The standard InChI is InChI=1S/C17H24Cl2N2O2/c1-12(2)21(10-13-3-4-15(18)16(19)9-13)17(22)11-23-14-5-7-20-8-6-14/h3-4,9,12,14,20H,5-8,10-11H2,1-2H3. The van der Waals surface area contributed by atoms with Crippen LogP contribution in [0.4, 0.5) is 0 Å². The molecule has 0 atom stereocenters. The molecule has 1 amide bonds. The molecule has 4 nitrogen and oxygen atoms in total. The maximum atomic E-state index is 12.5. The van der Waals surface area contributed by atoms with Gasteiger partial charge in [-0.15, -0.1) is 0 Å². The molecule has 1 saturated heterocycles. The zero-order chi connectivity index (χ0) is 16.8. The molecule has 1 aromatic rings. The first-order valence-corrected chi connectivity index (χ1v) is 8.78. The largest absolute Gasteiger partial charge is 0.368 e. The van der Waals surface area contributed by atoms with Crippen LogP contribution in [-0.4, -0.2) is 42.6 Å². The third-order valence-corrected chi connectivity index (χ3v) is 4.75. The number of hydrogen-bond acceptors (Lipinski definition) is 3. The van der Waals surface area contributed by atoms with E-state index in [1.165, 1.54) is 0 Å². The Balaban J connectivity index is 1.93. The zero-order valence-corrected chi connectivity index (χ0v) is 15.2. The van der Waals surface area contributed by atoms with E-state index in [2.05, 4.69) is 5.32 Å². The van der Waals surface area contributed by atoms with E-state index in [-0.39, 0.29) is 24.7 Å². The lowest BCUT2D eigenvalue weighted by Crippen LogP contribution is -2.40. The number of amides is 1. The molecule has 1 aliphatic heterocycles. The van der Waals surface area contributed by atoms with Crippen molar-refractivity contribution >= 4 is 29.1 Å². The van der Waals surface area contributed by atoms with Crippen molar-refractivity contribution in [1.29, 1.82) is 0 Å². The third-order valence-electron chi connectivity index (χ3n) is 4.01. The van der Waals surface area contributed by atoms with Gasteiger partial charge in [-0.3, -0.25) is 4.79 Å². The van der Waals surface area contributed by atoms with Gasteiger partial charge in [0.2, 0.25) is 5.91 Å². The molecular formula is C17H24Cl2N2O2. The molecule has 0 bridgehead atoms. The fourth-order valence-electron chi connectivity index (χ4n) is 2.63. The molecule has 0 spiro atoms. The first-order valence-electron chi connectivity index (χ1n) is 8.03. The van der Waals surface area contributed by atoms with Crippen molar-refractivity contribution in [3.05, 3.63) is 33.8 Å². The van der Waals surface area contributed by atoms with E-state index in [1.54, 1.807) is 17.0 Å². The zero-order valence-electron chi connectivity index (χ0n) is 13.6. The van der Waals surface area contributed by atoms with Gasteiger partial charge in [-0.1, -0.05) is 29.3 Å². The molecule has 1 aromatic carbocycles. The molecule has 128 valence electrons. The smallest absolute Gasteiger partial charge is 0.249 e. The molecule has 23 heavy (non-hydrogen) atoms. The van der Waals surface area contributed by atoms with E-state index in [0.717, 1.165) is 31.5 Å². The Morgan fingerprint density at radius 1 is 1.30 bits per heavy atom. The fourth-order valence-corrected chi connectivity index (χ4v) is 2.95. The molecule has 1 aliphatic rings. The van der Waals surface area contributed by atoms with Gasteiger partial charge in [0.05, 0.1) is 16.1 Å². The van der Waals surface area contributed by atoms with E-state index in [0.29, 0.717) is 16.6 Å². The molecular weight excluding hydrogens is 335 g/mol. The van der Waals surface area contributed by atoms with Crippen molar-refractivity contribution in [3.8, 4) is 0 Å². The number of piperidine rings is 1. The van der Waals surface area contributed by atoms with Crippen LogP contribution in [0.15, 0.2) is 18.2 Å². The van der Waals surface area contributed by atoms with Gasteiger partial charge in [-0.25, -0.2) is 0 Å². The van der Waals surface area contributed by atoms with Gasteiger partial charge in [0.15, 0.2) is 0 Å². The summed E-state index contributed by atoms with van der Waals surface area (Å²) in [5.41, 5.74) is 0.961. The number of benzene rings is 1. The monoisotopic (exact) mass is 358 g/mol. The first kappa shape index (κ1) is 18.5. The molecule has 1 N–H and O–H groups in total. The predicted molar refractivity (Wildman–Crippen MR) is 94.0 cm³/mol. The van der Waals surface area contributed by atoms with Gasteiger partial charge in [0.1, 0.15) is 6.61 Å². The minimum Gasteiger partial charge on any atom is -0.368 e. The van der Waals surface area contributed by atoms with Gasteiger partial charge in [0, 0.05) is 12.6 Å². The third kappa shape index (κ3) is 5.64. The summed E-state index contributed by atoms with van der Waals surface area (Å²) in [6.07, 6.45) is 2.10. The van der Waals surface area contributed by atoms with Crippen molar-refractivity contribution in [1.82, 2.24) is 10.2 Å². The van der Waals surface area contributed by atoms with Gasteiger partial charge >= 0.3 is 0 Å². The fraction of sp³-hybridized carbons (Fsp3) is 0.588. The van der Waals surface area contributed by atoms with Crippen molar-refractivity contribution < 1.29 is 9.53 Å². The van der Waals surface area contributed by atoms with E-state index < -0.39 is 0 Å². The summed E-state index contributed by atoms with van der Waals surface area (Å²) >= 11 is 12.0. The van der Waals surface area contributed by atoms with Crippen LogP contribution in [-0.2, 0) is 16.1 Å². The normalized spacial score (nSPS) is 15.9. The molecule has 0 aromatic heterocycles. The highest BCUT2D eigenvalue weighted by Crippen LogP contribution is 2.23. The van der Waals surface area contributed by atoms with Crippen LogP contribution in [0.25, 0.3) is 0 Å². The quantitative estimate of drug-likeness (QED) is 0.845. The Labute approximate surface area is 148 Å². The summed E-state index contributed by atoms with van der Waals surface area (Å²) in [5, 5.41) is 4.31. The lowest BCUT2D eigenvalue weighted by Gasteiger charge is -2.29. The van der Waals surface area contributed by atoms with Gasteiger partial charge in [0.25, 0.3) is 0 Å². The van der Waals surface area contributed by atoms with Gasteiger partial charge in [-0.2, -0.15) is 0 Å². The van der Waals surface area contributed by atoms with Crippen molar-refractivity contribution in [3.63, 3.8) is 0 Å². The number of ether oxygens (including phenoxy) is 1. The second-order valence-corrected chi connectivity index (χ2v) is 6.94. The highest BCUT2D eigenvalue weighted by molar-refractivity contribution is 6.42. The van der Waals surface area contributed by atoms with E-state index >= 15 is 0 Å². The summed E-state index contributed by atoms with van der Waals surface area (Å²) in [4.78, 5) is 14.3. The summed E-state index contributed by atoms with van der Waals surface area (Å²) < 4.78 is 5.78. The van der Waals surface area contributed by atoms with Crippen LogP contribution in [0.2, 0.25) is 10.0 Å². The Morgan fingerprint density at radius 2 is 2.00 bits per heavy atom. The van der Waals surface area contributed by atoms with Crippen LogP contribution >= 0.6 is 23.2 Å². The topological polar surface area (TPSA) is 41.6 Å². The Morgan fingerprint density at radius 3 is 2.61 bits per heavy atom. The second-order valence-electron chi connectivity index (χ2n) is 6.12. The highest BCUT2D eigenvalue weighted by Gasteiger charge is 2.20. The molecule has 0 saturated carbocycles. The SMILES string of the molecule is CC(C)N(Cc1ccc(Cl)c(Cl)c1)C(=O)COC1CCNCC1. The van der Waals surface area contributed by atoms with E-state index in [1.807, 2.05) is 19.9 Å². The van der Waals surface area contributed by atoms with Crippen LogP contribution in [0.1, 0.15) is 32.3 Å². The van der Waals surface area contributed by atoms with Crippen molar-refractivity contribution in [2.45, 2.75) is 45.4 Å². The number of nitrogens with zero attached hydrogens (tertiary/aromatic N) is 1. The number of halogens is 2. The van der Waals surface area contributed by atoms with Crippen LogP contribution in [0.5, 0.6) is 0 Å². The summed E-state index contributed by atoms with van der Waals surface area (Å²) in [6, 6.07) is 5.55. The average molecular weight is 359 g/mol. The van der Waals surface area contributed by atoms with E-state index in [9.17, 15) is 4.79 Å². The number of nitrogens with one attached hydrogen (secondary N) is 1. The number of carbonyl (C=O) groups is 1. The number of hydrogen-bond donors (Lipinski definition) is 1. The summed E-state index contributed by atoms with van der Waals surface area (Å²) in [7, 11) is 0. The minimum absolute atomic E-state index is 0.00426. The molecule has 2 rings (SSSR count). The Bertz CT molecular complexity index is 531. The van der Waals surface area contributed by atoms with Crippen LogP contribution in [0, 0.1) is 0 Å². The molecule has 1 heterocycles. The second kappa shape index (κ2) is 8.88. The maximum absolute atomic E-state index is 12.5. The lowest BCUT2D eigenvalue weighted by atomic mass is 10.1. The number of carbonyl (C=O) groups excluding carboxylic acids is 1. The average Bonchev–Trinajstić information content (AvgIpc) is 2.54. The molecule has 1 fully saturated rings. The Hall–Kier alpha value is -0.810. The van der Waals surface area contributed by atoms with Crippen molar-refractivity contribution in [2.75, 3.05) is 19.7 Å². The molecule has 0 unspecified atom stereocenters. The molecule has 0 radical (unpaired) electrons. The van der Waals surface area contributed by atoms with Crippen molar-refractivity contribution in [2.24, 2.45) is 0 Å². The summed E-state index contributed by atoms with van der Waals surface area (Å²) in [6.45, 7) is 6.54. The first-order chi connectivity index (χ1) is 11.0.